The van der Waals surface area contributed by atoms with Crippen LogP contribution in [0.2, 0.25) is 0 Å². The number of aliphatic imine (C=N–C) groups is 1. The zero-order chi connectivity index (χ0) is 22.1. The number of aromatic nitrogens is 1. The molecular formula is C24H32N6O2. The Balaban J connectivity index is 1.07. The van der Waals surface area contributed by atoms with Crippen molar-refractivity contribution in [1.29, 1.82) is 0 Å². The summed E-state index contributed by atoms with van der Waals surface area (Å²) in [6.07, 6.45) is 10.3. The number of rotatable bonds is 7. The standard InChI is InChI=1S/C24H32N6O2/c1-25-24(28-15-16-7-9-26-19(13-16)29-10-2-3-11-29)27-8-4-12-30-22(31)20-17-5-6-18(14-17)21(20)23(30)32/h5-7,9,13,17-18,20-21H,2-4,8,10-12,14-15H2,1H3,(H2,25,27,28). The molecule has 2 bridgehead atoms. The molecule has 1 aromatic heterocycles. The van der Waals surface area contributed by atoms with Gasteiger partial charge in [0.15, 0.2) is 5.96 Å². The van der Waals surface area contributed by atoms with Gasteiger partial charge in [0, 0.05) is 46.0 Å². The fourth-order valence-electron chi connectivity index (χ4n) is 5.72. The monoisotopic (exact) mass is 436 g/mol. The van der Waals surface area contributed by atoms with Crippen LogP contribution in [0.15, 0.2) is 35.5 Å². The highest BCUT2D eigenvalue weighted by molar-refractivity contribution is 6.06. The smallest absolute Gasteiger partial charge is 0.233 e. The molecule has 1 aromatic rings. The lowest BCUT2D eigenvalue weighted by Crippen LogP contribution is -2.39. The first kappa shape index (κ1) is 21.0. The molecule has 170 valence electrons. The average molecular weight is 437 g/mol. The van der Waals surface area contributed by atoms with E-state index >= 15 is 0 Å². The number of pyridine rings is 1. The molecule has 3 fully saturated rings. The predicted molar refractivity (Wildman–Crippen MR) is 123 cm³/mol. The minimum atomic E-state index is -0.106. The number of allylic oxidation sites excluding steroid dienone is 2. The maximum Gasteiger partial charge on any atom is 0.233 e. The van der Waals surface area contributed by atoms with Crippen molar-refractivity contribution in [2.75, 3.05) is 38.1 Å². The Labute approximate surface area is 189 Å². The Morgan fingerprint density at radius 2 is 1.84 bits per heavy atom. The Morgan fingerprint density at radius 3 is 2.53 bits per heavy atom. The van der Waals surface area contributed by atoms with Crippen molar-refractivity contribution in [1.82, 2.24) is 20.5 Å². The van der Waals surface area contributed by atoms with Crippen LogP contribution in [0.5, 0.6) is 0 Å². The van der Waals surface area contributed by atoms with Crippen LogP contribution in [-0.4, -0.2) is 60.9 Å². The molecule has 0 radical (unpaired) electrons. The van der Waals surface area contributed by atoms with Crippen LogP contribution < -0.4 is 15.5 Å². The van der Waals surface area contributed by atoms with Crippen LogP contribution in [0.3, 0.4) is 0 Å². The molecule has 5 rings (SSSR count). The van der Waals surface area contributed by atoms with E-state index in [9.17, 15) is 9.59 Å². The summed E-state index contributed by atoms with van der Waals surface area (Å²) >= 11 is 0. The topological polar surface area (TPSA) is 89.9 Å². The van der Waals surface area contributed by atoms with E-state index in [4.69, 9.17) is 0 Å². The SMILES string of the molecule is CN=C(NCCCN1C(=O)C2C3C=CC(C3)C2C1=O)NCc1ccnc(N2CCCC2)c1. The molecule has 0 aromatic carbocycles. The summed E-state index contributed by atoms with van der Waals surface area (Å²) < 4.78 is 0. The van der Waals surface area contributed by atoms with E-state index in [1.165, 1.54) is 17.7 Å². The number of anilines is 1. The summed E-state index contributed by atoms with van der Waals surface area (Å²) in [6, 6.07) is 4.15. The van der Waals surface area contributed by atoms with Crippen molar-refractivity contribution >= 4 is 23.6 Å². The minimum absolute atomic E-state index is 0.0332. The number of amides is 2. The molecule has 8 nitrogen and oxygen atoms in total. The molecule has 1 saturated carbocycles. The third-order valence-electron chi connectivity index (χ3n) is 7.34. The van der Waals surface area contributed by atoms with Crippen molar-refractivity contribution in [2.45, 2.75) is 32.2 Å². The van der Waals surface area contributed by atoms with Crippen LogP contribution in [0.4, 0.5) is 5.82 Å². The number of nitrogens with one attached hydrogen (secondary N) is 2. The normalized spacial score (nSPS) is 28.7. The summed E-state index contributed by atoms with van der Waals surface area (Å²) in [5.41, 5.74) is 1.16. The van der Waals surface area contributed by atoms with E-state index in [0.717, 1.165) is 30.9 Å². The quantitative estimate of drug-likeness (QED) is 0.222. The van der Waals surface area contributed by atoms with Crippen molar-refractivity contribution in [2.24, 2.45) is 28.7 Å². The number of hydrogen-bond donors (Lipinski definition) is 2. The number of guanidine groups is 1. The lowest BCUT2D eigenvalue weighted by molar-refractivity contribution is -0.140. The number of carbonyl (C=O) groups excluding carboxylic acids is 2. The number of likely N-dealkylation sites (tertiary alicyclic amines) is 1. The summed E-state index contributed by atoms with van der Waals surface area (Å²) in [4.78, 5) is 38.1. The molecule has 2 aliphatic carbocycles. The lowest BCUT2D eigenvalue weighted by Gasteiger charge is -2.18. The third kappa shape index (κ3) is 3.87. The largest absolute Gasteiger partial charge is 0.357 e. The number of imide groups is 1. The van der Waals surface area contributed by atoms with Gasteiger partial charge in [-0.2, -0.15) is 0 Å². The van der Waals surface area contributed by atoms with E-state index in [0.29, 0.717) is 32.0 Å². The van der Waals surface area contributed by atoms with Crippen LogP contribution >= 0.6 is 0 Å². The van der Waals surface area contributed by atoms with Crippen molar-refractivity contribution in [3.63, 3.8) is 0 Å². The van der Waals surface area contributed by atoms with Gasteiger partial charge < -0.3 is 15.5 Å². The molecule has 4 unspecified atom stereocenters. The second kappa shape index (κ2) is 8.92. The van der Waals surface area contributed by atoms with E-state index < -0.39 is 0 Å². The van der Waals surface area contributed by atoms with Gasteiger partial charge in [-0.1, -0.05) is 12.2 Å². The van der Waals surface area contributed by atoms with Gasteiger partial charge >= 0.3 is 0 Å². The van der Waals surface area contributed by atoms with Gasteiger partial charge in [0.1, 0.15) is 5.82 Å². The maximum absolute atomic E-state index is 12.8. The van der Waals surface area contributed by atoms with E-state index in [2.05, 4.69) is 43.7 Å². The Morgan fingerprint density at radius 1 is 1.12 bits per heavy atom. The molecule has 4 atom stereocenters. The highest BCUT2D eigenvalue weighted by Crippen LogP contribution is 2.52. The first-order valence-corrected chi connectivity index (χ1v) is 11.8. The van der Waals surface area contributed by atoms with Crippen LogP contribution in [0.25, 0.3) is 0 Å². The first-order chi connectivity index (χ1) is 15.7. The maximum atomic E-state index is 12.8. The van der Waals surface area contributed by atoms with Gasteiger partial charge in [-0.25, -0.2) is 4.98 Å². The fourth-order valence-corrected chi connectivity index (χ4v) is 5.72. The molecular weight excluding hydrogens is 404 g/mol. The number of carbonyl (C=O) groups is 2. The average Bonchev–Trinajstić information content (AvgIpc) is 3.60. The number of fused-ring (bicyclic) bond motifs is 5. The van der Waals surface area contributed by atoms with E-state index in [-0.39, 0.29) is 35.5 Å². The van der Waals surface area contributed by atoms with Gasteiger partial charge in [-0.15, -0.1) is 0 Å². The Bertz CT molecular complexity index is 908. The van der Waals surface area contributed by atoms with Crippen LogP contribution in [-0.2, 0) is 16.1 Å². The third-order valence-corrected chi connectivity index (χ3v) is 7.34. The van der Waals surface area contributed by atoms with Crippen LogP contribution in [0.1, 0.15) is 31.2 Å². The number of hydrogen-bond acceptors (Lipinski definition) is 5. The fraction of sp³-hybridized carbons (Fsp3) is 0.583. The molecule has 8 heteroatoms. The predicted octanol–water partition coefficient (Wildman–Crippen LogP) is 1.54. The summed E-state index contributed by atoms with van der Waals surface area (Å²) in [6.45, 7) is 3.93. The molecule has 0 spiro atoms. The molecule has 3 heterocycles. The molecule has 2 aliphatic heterocycles. The van der Waals surface area contributed by atoms with E-state index in [1.54, 1.807) is 7.05 Å². The van der Waals surface area contributed by atoms with Crippen molar-refractivity contribution in [3.8, 4) is 0 Å². The minimum Gasteiger partial charge on any atom is -0.357 e. The van der Waals surface area contributed by atoms with E-state index in [1.807, 2.05) is 12.3 Å². The lowest BCUT2D eigenvalue weighted by atomic mass is 9.85. The van der Waals surface area contributed by atoms with Gasteiger partial charge in [0.05, 0.1) is 11.8 Å². The Hall–Kier alpha value is -2.90. The molecule has 2 amide bonds. The van der Waals surface area contributed by atoms with Crippen molar-refractivity contribution < 1.29 is 9.59 Å². The van der Waals surface area contributed by atoms with Gasteiger partial charge in [0.2, 0.25) is 11.8 Å². The molecule has 4 aliphatic rings. The molecule has 32 heavy (non-hydrogen) atoms. The molecule has 2 saturated heterocycles. The second-order valence-electron chi connectivity index (χ2n) is 9.25. The summed E-state index contributed by atoms with van der Waals surface area (Å²) in [5.74, 6) is 2.15. The second-order valence-corrected chi connectivity index (χ2v) is 9.25. The summed E-state index contributed by atoms with van der Waals surface area (Å²) in [7, 11) is 1.75. The van der Waals surface area contributed by atoms with Gasteiger partial charge in [0.25, 0.3) is 0 Å². The molecule has 2 N–H and O–H groups in total. The van der Waals surface area contributed by atoms with Crippen molar-refractivity contribution in [3.05, 3.63) is 36.0 Å². The van der Waals surface area contributed by atoms with Gasteiger partial charge in [-0.05, 0) is 55.2 Å². The number of nitrogens with zero attached hydrogens (tertiary/aromatic N) is 4. The van der Waals surface area contributed by atoms with Crippen LogP contribution in [0, 0.1) is 23.7 Å². The highest BCUT2D eigenvalue weighted by Gasteiger charge is 2.58. The first-order valence-electron chi connectivity index (χ1n) is 11.8. The van der Waals surface area contributed by atoms with Gasteiger partial charge in [-0.3, -0.25) is 19.5 Å². The zero-order valence-electron chi connectivity index (χ0n) is 18.7. The Kier molecular flexibility index (Phi) is 5.85. The highest BCUT2D eigenvalue weighted by atomic mass is 16.2. The zero-order valence-corrected chi connectivity index (χ0v) is 18.7. The summed E-state index contributed by atoms with van der Waals surface area (Å²) in [5, 5.41) is 6.63.